The molecule has 0 radical (unpaired) electrons. The lowest BCUT2D eigenvalue weighted by atomic mass is 9.87. The average Bonchev–Trinajstić information content (AvgIpc) is 3.42. The summed E-state index contributed by atoms with van der Waals surface area (Å²) in [5, 5.41) is 14.5. The lowest BCUT2D eigenvalue weighted by molar-refractivity contribution is 0.409. The summed E-state index contributed by atoms with van der Waals surface area (Å²) in [6, 6.07) is 12.5. The van der Waals surface area contributed by atoms with Crippen molar-refractivity contribution in [2.24, 2.45) is 0 Å². The Hall–Kier alpha value is -4.20. The van der Waals surface area contributed by atoms with Crippen molar-refractivity contribution < 1.29 is 14.3 Å². The molecule has 0 saturated heterocycles. The van der Waals surface area contributed by atoms with Crippen LogP contribution in [-0.4, -0.2) is 29.7 Å². The van der Waals surface area contributed by atoms with Gasteiger partial charge in [-0.05, 0) is 30.3 Å². The number of benzene rings is 1. The highest BCUT2D eigenvalue weighted by Crippen LogP contribution is 2.48. The predicted molar refractivity (Wildman–Crippen MR) is 102 cm³/mol. The summed E-state index contributed by atoms with van der Waals surface area (Å²) in [6.45, 7) is 0. The van der Waals surface area contributed by atoms with E-state index in [2.05, 4.69) is 15.1 Å². The average molecular weight is 383 g/mol. The lowest BCUT2D eigenvalue weighted by Gasteiger charge is -2.26. The van der Waals surface area contributed by atoms with Gasteiger partial charge in [-0.2, -0.15) is 0 Å². The van der Waals surface area contributed by atoms with Gasteiger partial charge in [0, 0.05) is 29.6 Å². The van der Waals surface area contributed by atoms with E-state index in [0.717, 1.165) is 22.5 Å². The number of rotatable bonds is 2. The molecule has 1 aliphatic rings. The molecule has 140 valence electrons. The zero-order valence-electron chi connectivity index (χ0n) is 14.9. The molecule has 6 rings (SSSR count). The first kappa shape index (κ1) is 15.8. The highest BCUT2D eigenvalue weighted by molar-refractivity contribution is 5.67. The molecule has 0 aliphatic carbocycles. The van der Waals surface area contributed by atoms with Gasteiger partial charge in [-0.15, -0.1) is 5.10 Å². The number of furan rings is 1. The summed E-state index contributed by atoms with van der Waals surface area (Å²) in [4.78, 5) is 13.3. The van der Waals surface area contributed by atoms with E-state index in [9.17, 15) is 5.11 Å². The summed E-state index contributed by atoms with van der Waals surface area (Å²) in [5.74, 6) is 2.06. The van der Waals surface area contributed by atoms with Gasteiger partial charge in [-0.1, -0.05) is 6.07 Å². The van der Waals surface area contributed by atoms with Gasteiger partial charge in [0.1, 0.15) is 23.6 Å². The third-order valence-corrected chi connectivity index (χ3v) is 4.96. The Bertz CT molecular complexity index is 1350. The molecule has 0 spiro atoms. The van der Waals surface area contributed by atoms with Crippen LogP contribution < -0.4 is 4.74 Å². The molecule has 1 N–H and O–H groups in total. The minimum Gasteiger partial charge on any atom is -0.508 e. The van der Waals surface area contributed by atoms with Crippen molar-refractivity contribution in [3.8, 4) is 28.8 Å². The topological polar surface area (TPSA) is 98.6 Å². The van der Waals surface area contributed by atoms with Crippen molar-refractivity contribution in [2.75, 3.05) is 0 Å². The fraction of sp³-hybridized carbons (Fsp3) is 0.0476. The molecule has 5 heterocycles. The van der Waals surface area contributed by atoms with Crippen molar-refractivity contribution in [3.63, 3.8) is 0 Å². The van der Waals surface area contributed by atoms with Crippen molar-refractivity contribution in [2.45, 2.75) is 5.92 Å². The van der Waals surface area contributed by atoms with Gasteiger partial charge in [0.15, 0.2) is 11.5 Å². The highest BCUT2D eigenvalue weighted by Gasteiger charge is 2.35. The molecule has 1 unspecified atom stereocenters. The van der Waals surface area contributed by atoms with E-state index >= 15 is 0 Å². The molecule has 8 nitrogen and oxygen atoms in total. The molecule has 1 aliphatic heterocycles. The first-order valence-electron chi connectivity index (χ1n) is 8.98. The summed E-state index contributed by atoms with van der Waals surface area (Å²) in [5.41, 5.74) is 3.10. The lowest BCUT2D eigenvalue weighted by Crippen LogP contribution is -2.14. The summed E-state index contributed by atoms with van der Waals surface area (Å²) in [7, 11) is 0. The van der Waals surface area contributed by atoms with Gasteiger partial charge in [-0.25, -0.2) is 14.5 Å². The molecule has 1 atom stereocenters. The van der Waals surface area contributed by atoms with Crippen LogP contribution in [-0.2, 0) is 0 Å². The van der Waals surface area contributed by atoms with Crippen molar-refractivity contribution in [1.82, 2.24) is 24.6 Å². The first-order chi connectivity index (χ1) is 14.3. The summed E-state index contributed by atoms with van der Waals surface area (Å²) < 4.78 is 13.4. The van der Waals surface area contributed by atoms with Gasteiger partial charge in [0.25, 0.3) is 0 Å². The Morgan fingerprint density at radius 2 is 1.97 bits per heavy atom. The van der Waals surface area contributed by atoms with Crippen LogP contribution in [0.4, 0.5) is 0 Å². The molecule has 0 bridgehead atoms. The summed E-state index contributed by atoms with van der Waals surface area (Å²) >= 11 is 0. The molecule has 5 aromatic rings. The molecule has 8 heteroatoms. The molecule has 0 amide bonds. The second kappa shape index (κ2) is 5.90. The molecule has 0 fully saturated rings. The third-order valence-electron chi connectivity index (χ3n) is 4.96. The van der Waals surface area contributed by atoms with Gasteiger partial charge in [0.05, 0.1) is 17.7 Å². The molecule has 0 saturated carbocycles. The maximum atomic E-state index is 9.90. The monoisotopic (exact) mass is 383 g/mol. The minimum absolute atomic E-state index is 0.119. The fourth-order valence-electron chi connectivity index (χ4n) is 3.68. The predicted octanol–water partition coefficient (Wildman–Crippen LogP) is 3.77. The van der Waals surface area contributed by atoms with Crippen LogP contribution in [0.15, 0.2) is 71.9 Å². The maximum absolute atomic E-state index is 9.90. The Morgan fingerprint density at radius 3 is 2.79 bits per heavy atom. The van der Waals surface area contributed by atoms with E-state index in [1.165, 1.54) is 0 Å². The van der Waals surface area contributed by atoms with E-state index in [-0.39, 0.29) is 11.7 Å². The van der Waals surface area contributed by atoms with E-state index in [0.29, 0.717) is 23.1 Å². The minimum atomic E-state index is -0.296. The molecule has 1 aromatic carbocycles. The third kappa shape index (κ3) is 2.39. The quantitative estimate of drug-likeness (QED) is 0.486. The van der Waals surface area contributed by atoms with Crippen LogP contribution in [0.3, 0.4) is 0 Å². The second-order valence-electron chi connectivity index (χ2n) is 6.68. The molecule has 4 aromatic heterocycles. The Kier molecular flexibility index (Phi) is 3.22. The van der Waals surface area contributed by atoms with E-state index < -0.39 is 0 Å². The normalized spacial score (nSPS) is 15.0. The molecule has 29 heavy (non-hydrogen) atoms. The van der Waals surface area contributed by atoms with Crippen molar-refractivity contribution in [1.29, 1.82) is 0 Å². The zero-order valence-corrected chi connectivity index (χ0v) is 14.9. The van der Waals surface area contributed by atoms with E-state index in [4.69, 9.17) is 14.1 Å². The SMILES string of the molecule is Oc1ccc2c(c1)Oc1ncn3nc(-c4ccncc4)nc3c1C2c1ccco1. The van der Waals surface area contributed by atoms with Crippen molar-refractivity contribution in [3.05, 3.63) is 84.3 Å². The number of ether oxygens (including phenoxy) is 1. The maximum Gasteiger partial charge on any atom is 0.228 e. The van der Waals surface area contributed by atoms with Crippen LogP contribution in [0.25, 0.3) is 17.0 Å². The summed E-state index contributed by atoms with van der Waals surface area (Å²) in [6.07, 6.45) is 6.60. The van der Waals surface area contributed by atoms with Crippen LogP contribution in [0.2, 0.25) is 0 Å². The zero-order chi connectivity index (χ0) is 19.4. The highest BCUT2D eigenvalue weighted by atomic mass is 16.5. The number of pyridine rings is 1. The number of fused-ring (bicyclic) bond motifs is 4. The number of aromatic hydroxyl groups is 1. The van der Waals surface area contributed by atoms with Gasteiger partial charge >= 0.3 is 0 Å². The Labute approximate surface area is 164 Å². The largest absolute Gasteiger partial charge is 0.508 e. The van der Waals surface area contributed by atoms with Crippen LogP contribution >= 0.6 is 0 Å². The number of hydrogen-bond donors (Lipinski definition) is 1. The second-order valence-corrected chi connectivity index (χ2v) is 6.68. The molecular weight excluding hydrogens is 370 g/mol. The van der Waals surface area contributed by atoms with Crippen LogP contribution in [0.1, 0.15) is 22.8 Å². The van der Waals surface area contributed by atoms with E-state index in [1.807, 2.05) is 30.3 Å². The van der Waals surface area contributed by atoms with Gasteiger partial charge < -0.3 is 14.3 Å². The van der Waals surface area contributed by atoms with Gasteiger partial charge in [0.2, 0.25) is 5.88 Å². The number of aromatic nitrogens is 5. The standard InChI is InChI=1S/C21H13N5O3/c27-13-3-4-14-16(10-13)29-21-18(17(14)15-2-1-9-28-15)20-24-19(25-26(20)11-23-21)12-5-7-22-8-6-12/h1-11,17,27H. The van der Waals surface area contributed by atoms with Crippen LogP contribution in [0, 0.1) is 0 Å². The number of hydrogen-bond acceptors (Lipinski definition) is 7. The van der Waals surface area contributed by atoms with Gasteiger partial charge in [-0.3, -0.25) is 4.98 Å². The molecular formula is C21H13N5O3. The van der Waals surface area contributed by atoms with Crippen molar-refractivity contribution >= 4 is 5.65 Å². The van der Waals surface area contributed by atoms with Crippen LogP contribution in [0.5, 0.6) is 17.4 Å². The number of phenolic OH excluding ortho intramolecular Hbond substituents is 1. The number of phenols is 1. The Morgan fingerprint density at radius 1 is 1.07 bits per heavy atom. The van der Waals surface area contributed by atoms with E-state index in [1.54, 1.807) is 41.6 Å². The first-order valence-corrected chi connectivity index (χ1v) is 8.98. The number of nitrogens with zero attached hydrogens (tertiary/aromatic N) is 5. The fourth-order valence-corrected chi connectivity index (χ4v) is 3.68. The smallest absolute Gasteiger partial charge is 0.228 e. The Balaban J connectivity index is 1.63.